The fourth-order valence-corrected chi connectivity index (χ4v) is 2.39. The molecule has 0 bridgehead atoms. The van der Waals surface area contributed by atoms with E-state index in [0.29, 0.717) is 18.7 Å². The molecular formula is C13H15N3O2. The number of rotatable bonds is 3. The molecular weight excluding hydrogens is 230 g/mol. The van der Waals surface area contributed by atoms with Crippen LogP contribution in [-0.4, -0.2) is 33.0 Å². The molecule has 2 rings (SSSR count). The monoisotopic (exact) mass is 245 g/mol. The van der Waals surface area contributed by atoms with Crippen LogP contribution in [0.3, 0.4) is 0 Å². The molecule has 1 aliphatic heterocycles. The minimum atomic E-state index is -0.831. The third-order valence-corrected chi connectivity index (χ3v) is 3.61. The van der Waals surface area contributed by atoms with Gasteiger partial charge >= 0.3 is 5.97 Å². The number of hydrogen-bond donors (Lipinski definition) is 1. The molecule has 0 aliphatic carbocycles. The largest absolute Gasteiger partial charge is 0.480 e. The van der Waals surface area contributed by atoms with E-state index in [2.05, 4.69) is 4.98 Å². The number of nitriles is 1. The fourth-order valence-electron chi connectivity index (χ4n) is 2.39. The van der Waals surface area contributed by atoms with E-state index in [9.17, 15) is 9.90 Å². The van der Waals surface area contributed by atoms with Crippen LogP contribution in [0.15, 0.2) is 18.3 Å². The first-order chi connectivity index (χ1) is 8.58. The van der Waals surface area contributed by atoms with Crippen LogP contribution >= 0.6 is 0 Å². The summed E-state index contributed by atoms with van der Waals surface area (Å²) in [6.45, 7) is 2.94. The van der Waals surface area contributed by atoms with Gasteiger partial charge in [-0.25, -0.2) is 4.98 Å². The Bertz CT molecular complexity index is 509. The summed E-state index contributed by atoms with van der Waals surface area (Å²) in [5.41, 5.74) is 0.328. The number of nitrogens with zero attached hydrogens (tertiary/aromatic N) is 3. The highest BCUT2D eigenvalue weighted by molar-refractivity contribution is 5.78. The summed E-state index contributed by atoms with van der Waals surface area (Å²) >= 11 is 0. The van der Waals surface area contributed by atoms with Gasteiger partial charge in [-0.05, 0) is 32.4 Å². The van der Waals surface area contributed by atoms with Gasteiger partial charge in [0.1, 0.15) is 17.3 Å². The Morgan fingerprint density at radius 2 is 2.50 bits per heavy atom. The van der Waals surface area contributed by atoms with Gasteiger partial charge in [0.2, 0.25) is 0 Å². The zero-order valence-corrected chi connectivity index (χ0v) is 10.3. The summed E-state index contributed by atoms with van der Waals surface area (Å²) in [4.78, 5) is 17.3. The Balaban J connectivity index is 2.24. The van der Waals surface area contributed by atoms with E-state index in [-0.39, 0.29) is 0 Å². The lowest BCUT2D eigenvalue weighted by molar-refractivity contribution is -0.148. The van der Waals surface area contributed by atoms with Crippen LogP contribution in [0.2, 0.25) is 0 Å². The number of carboxylic acid groups (broad SMARTS) is 1. The Morgan fingerprint density at radius 3 is 3.17 bits per heavy atom. The quantitative estimate of drug-likeness (QED) is 0.870. The first kappa shape index (κ1) is 12.5. The number of hydrogen-bond acceptors (Lipinski definition) is 4. The van der Waals surface area contributed by atoms with Crippen molar-refractivity contribution in [2.75, 3.05) is 6.54 Å². The summed E-state index contributed by atoms with van der Waals surface area (Å²) in [5, 5.41) is 18.3. The predicted molar refractivity (Wildman–Crippen MR) is 64.6 cm³/mol. The van der Waals surface area contributed by atoms with Gasteiger partial charge in [-0.2, -0.15) is 5.26 Å². The number of likely N-dealkylation sites (tertiary alicyclic amines) is 1. The maximum absolute atomic E-state index is 11.4. The SMILES string of the molecule is CC1(C(=O)O)CCCN1Cc1cccnc1C#N. The second-order valence-corrected chi connectivity index (χ2v) is 4.73. The average Bonchev–Trinajstić information content (AvgIpc) is 2.73. The number of pyridine rings is 1. The molecule has 0 amide bonds. The van der Waals surface area contributed by atoms with Crippen molar-refractivity contribution in [3.63, 3.8) is 0 Å². The first-order valence-corrected chi connectivity index (χ1v) is 5.90. The molecule has 0 saturated carbocycles. The van der Waals surface area contributed by atoms with Crippen molar-refractivity contribution in [1.82, 2.24) is 9.88 Å². The number of carboxylic acids is 1. The van der Waals surface area contributed by atoms with Crippen LogP contribution in [0.1, 0.15) is 31.0 Å². The van der Waals surface area contributed by atoms with Crippen molar-refractivity contribution in [3.8, 4) is 6.07 Å². The zero-order valence-electron chi connectivity index (χ0n) is 10.3. The molecule has 94 valence electrons. The van der Waals surface area contributed by atoms with Gasteiger partial charge in [0, 0.05) is 18.3 Å². The van der Waals surface area contributed by atoms with E-state index >= 15 is 0 Å². The average molecular weight is 245 g/mol. The minimum Gasteiger partial charge on any atom is -0.480 e. The molecule has 2 heterocycles. The number of aromatic nitrogens is 1. The highest BCUT2D eigenvalue weighted by Gasteiger charge is 2.43. The van der Waals surface area contributed by atoms with Crippen LogP contribution in [-0.2, 0) is 11.3 Å². The van der Waals surface area contributed by atoms with Crippen molar-refractivity contribution in [3.05, 3.63) is 29.6 Å². The van der Waals surface area contributed by atoms with Crippen molar-refractivity contribution >= 4 is 5.97 Å². The van der Waals surface area contributed by atoms with Crippen LogP contribution in [0.4, 0.5) is 0 Å². The molecule has 0 spiro atoms. The standard InChI is InChI=1S/C13H15N3O2/c1-13(12(17)18)5-3-7-16(13)9-10-4-2-6-15-11(10)8-14/h2,4,6H,3,5,7,9H2,1H3,(H,17,18). The number of aliphatic carboxylic acids is 1. The summed E-state index contributed by atoms with van der Waals surface area (Å²) < 4.78 is 0. The Labute approximate surface area is 106 Å². The summed E-state index contributed by atoms with van der Waals surface area (Å²) in [6, 6.07) is 5.63. The van der Waals surface area contributed by atoms with E-state index < -0.39 is 11.5 Å². The predicted octanol–water partition coefficient (Wildman–Crippen LogP) is 1.39. The maximum Gasteiger partial charge on any atom is 0.323 e. The molecule has 0 radical (unpaired) electrons. The smallest absolute Gasteiger partial charge is 0.323 e. The normalized spacial score (nSPS) is 23.8. The second-order valence-electron chi connectivity index (χ2n) is 4.73. The fraction of sp³-hybridized carbons (Fsp3) is 0.462. The molecule has 1 aromatic rings. The summed E-state index contributed by atoms with van der Waals surface area (Å²) in [6.07, 6.45) is 3.08. The molecule has 1 unspecified atom stereocenters. The number of carbonyl (C=O) groups is 1. The van der Waals surface area contributed by atoms with E-state index in [1.54, 1.807) is 19.2 Å². The molecule has 5 heteroatoms. The molecule has 5 nitrogen and oxygen atoms in total. The van der Waals surface area contributed by atoms with Gasteiger partial charge in [0.05, 0.1) is 0 Å². The van der Waals surface area contributed by atoms with Gasteiger partial charge < -0.3 is 5.11 Å². The molecule has 1 N–H and O–H groups in total. The first-order valence-electron chi connectivity index (χ1n) is 5.90. The Morgan fingerprint density at radius 1 is 1.72 bits per heavy atom. The summed E-state index contributed by atoms with van der Waals surface area (Å²) in [5.74, 6) is -0.803. The van der Waals surface area contributed by atoms with E-state index in [1.165, 1.54) is 0 Å². The second kappa shape index (κ2) is 4.75. The zero-order chi connectivity index (χ0) is 13.2. The molecule has 1 fully saturated rings. The molecule has 18 heavy (non-hydrogen) atoms. The van der Waals surface area contributed by atoms with E-state index in [1.807, 2.05) is 17.0 Å². The van der Waals surface area contributed by atoms with Gasteiger partial charge in [0.25, 0.3) is 0 Å². The lowest BCUT2D eigenvalue weighted by atomic mass is 9.98. The molecule has 0 aromatic carbocycles. The highest BCUT2D eigenvalue weighted by Crippen LogP contribution is 2.31. The summed E-state index contributed by atoms with van der Waals surface area (Å²) in [7, 11) is 0. The van der Waals surface area contributed by atoms with Crippen molar-refractivity contribution in [1.29, 1.82) is 5.26 Å². The third kappa shape index (κ3) is 2.07. The lowest BCUT2D eigenvalue weighted by Gasteiger charge is -2.31. The van der Waals surface area contributed by atoms with Crippen LogP contribution in [0.5, 0.6) is 0 Å². The minimum absolute atomic E-state index is 0.372. The Hall–Kier alpha value is -1.93. The van der Waals surface area contributed by atoms with E-state index in [0.717, 1.165) is 18.5 Å². The van der Waals surface area contributed by atoms with Crippen molar-refractivity contribution in [2.24, 2.45) is 0 Å². The van der Waals surface area contributed by atoms with Crippen LogP contribution in [0, 0.1) is 11.3 Å². The highest BCUT2D eigenvalue weighted by atomic mass is 16.4. The van der Waals surface area contributed by atoms with Gasteiger partial charge in [-0.3, -0.25) is 9.69 Å². The van der Waals surface area contributed by atoms with Crippen molar-refractivity contribution < 1.29 is 9.90 Å². The van der Waals surface area contributed by atoms with Gasteiger partial charge in [-0.15, -0.1) is 0 Å². The topological polar surface area (TPSA) is 77.2 Å². The van der Waals surface area contributed by atoms with Gasteiger partial charge in [-0.1, -0.05) is 6.07 Å². The molecule has 1 saturated heterocycles. The molecule has 1 atom stereocenters. The Kier molecular flexibility index (Phi) is 3.30. The third-order valence-electron chi connectivity index (χ3n) is 3.61. The maximum atomic E-state index is 11.4. The lowest BCUT2D eigenvalue weighted by Crippen LogP contribution is -2.47. The van der Waals surface area contributed by atoms with Crippen molar-refractivity contribution in [2.45, 2.75) is 31.8 Å². The van der Waals surface area contributed by atoms with E-state index in [4.69, 9.17) is 5.26 Å². The van der Waals surface area contributed by atoms with Crippen LogP contribution < -0.4 is 0 Å². The molecule has 1 aliphatic rings. The molecule has 1 aromatic heterocycles. The van der Waals surface area contributed by atoms with Crippen LogP contribution in [0.25, 0.3) is 0 Å². The van der Waals surface area contributed by atoms with Gasteiger partial charge in [0.15, 0.2) is 0 Å².